The van der Waals surface area contributed by atoms with Gasteiger partial charge in [-0.15, -0.1) is 0 Å². The van der Waals surface area contributed by atoms with Crippen molar-refractivity contribution in [3.63, 3.8) is 0 Å². The van der Waals surface area contributed by atoms with E-state index in [4.69, 9.17) is 15.4 Å². The number of carboxylic acid groups (broad SMARTS) is 1. The monoisotopic (exact) mass is 468 g/mol. The summed E-state index contributed by atoms with van der Waals surface area (Å²) in [4.78, 5) is 45.1. The number of amides is 2. The molecule has 3 atom stereocenters. The lowest BCUT2D eigenvalue weighted by atomic mass is 10.0. The van der Waals surface area contributed by atoms with Gasteiger partial charge in [0.15, 0.2) is 11.6 Å². The zero-order chi connectivity index (χ0) is 24.2. The average molecular weight is 469 g/mol. The molecule has 11 nitrogen and oxygen atoms in total. The van der Waals surface area contributed by atoms with Gasteiger partial charge in [0.2, 0.25) is 5.89 Å². The van der Waals surface area contributed by atoms with E-state index in [9.17, 15) is 14.4 Å². The number of carboxylic acids is 1. The molecular weight excluding hydrogens is 440 g/mol. The van der Waals surface area contributed by atoms with Crippen molar-refractivity contribution in [2.75, 3.05) is 6.54 Å². The summed E-state index contributed by atoms with van der Waals surface area (Å²) >= 11 is 0. The SMILES string of the molecule is CC(=O)[C@@H]1CCCN1C(=O)N[C@@H](Cc1c[nH]c2ccccc12)c1nc([C@@H](N)CCC(=O)O)no1. The van der Waals surface area contributed by atoms with E-state index in [-0.39, 0.29) is 36.4 Å². The topological polar surface area (TPSA) is 167 Å². The fraction of sp³-hybridized carbons (Fsp3) is 0.435. The summed E-state index contributed by atoms with van der Waals surface area (Å²) < 4.78 is 5.45. The number of Topliss-reactive ketones (excluding diaryl/α,β-unsaturated/α-hetero) is 1. The number of fused-ring (bicyclic) bond motifs is 1. The predicted molar refractivity (Wildman–Crippen MR) is 122 cm³/mol. The molecule has 2 aromatic heterocycles. The number of aromatic nitrogens is 3. The Morgan fingerprint density at radius 3 is 2.91 bits per heavy atom. The fourth-order valence-electron chi connectivity index (χ4n) is 4.33. The van der Waals surface area contributed by atoms with Gasteiger partial charge in [0.05, 0.1) is 12.1 Å². The van der Waals surface area contributed by atoms with Crippen LogP contribution in [0.5, 0.6) is 0 Å². The molecule has 2 amide bonds. The first-order valence-electron chi connectivity index (χ1n) is 11.3. The Labute approximate surface area is 195 Å². The number of para-hydroxylation sites is 1. The van der Waals surface area contributed by atoms with Crippen LogP contribution in [0.15, 0.2) is 35.0 Å². The Kier molecular flexibility index (Phi) is 6.92. The summed E-state index contributed by atoms with van der Waals surface area (Å²) in [5.74, 6) is -0.671. The summed E-state index contributed by atoms with van der Waals surface area (Å²) in [6.07, 6.45) is 3.66. The summed E-state index contributed by atoms with van der Waals surface area (Å²) in [5, 5.41) is 16.8. The molecule has 0 unspecified atom stereocenters. The number of nitrogens with two attached hydrogens (primary N) is 1. The molecule has 1 aliphatic heterocycles. The first kappa shape index (κ1) is 23.4. The number of nitrogens with one attached hydrogen (secondary N) is 2. The van der Waals surface area contributed by atoms with E-state index >= 15 is 0 Å². The fourth-order valence-corrected chi connectivity index (χ4v) is 4.33. The molecule has 180 valence electrons. The van der Waals surface area contributed by atoms with E-state index < -0.39 is 24.1 Å². The number of benzene rings is 1. The van der Waals surface area contributed by atoms with Crippen LogP contribution in [0.25, 0.3) is 10.9 Å². The van der Waals surface area contributed by atoms with Crippen LogP contribution < -0.4 is 11.1 Å². The lowest BCUT2D eigenvalue weighted by Gasteiger charge is -2.25. The molecule has 11 heteroatoms. The summed E-state index contributed by atoms with van der Waals surface area (Å²) in [7, 11) is 0. The summed E-state index contributed by atoms with van der Waals surface area (Å²) in [6.45, 7) is 1.98. The molecule has 0 spiro atoms. The van der Waals surface area contributed by atoms with Crippen LogP contribution in [0.4, 0.5) is 4.79 Å². The quantitative estimate of drug-likeness (QED) is 0.371. The zero-order valence-corrected chi connectivity index (χ0v) is 18.9. The van der Waals surface area contributed by atoms with E-state index in [0.717, 1.165) is 22.9 Å². The van der Waals surface area contributed by atoms with E-state index in [1.165, 1.54) is 6.92 Å². The Balaban J connectivity index is 1.58. The van der Waals surface area contributed by atoms with Gasteiger partial charge in [-0.2, -0.15) is 4.98 Å². The lowest BCUT2D eigenvalue weighted by molar-refractivity contribution is -0.137. The number of likely N-dealkylation sites (tertiary alicyclic amines) is 1. The number of nitrogens with zero attached hydrogens (tertiary/aromatic N) is 3. The van der Waals surface area contributed by atoms with Crippen molar-refractivity contribution >= 4 is 28.7 Å². The van der Waals surface area contributed by atoms with Gasteiger partial charge in [-0.25, -0.2) is 4.79 Å². The molecule has 0 radical (unpaired) electrons. The van der Waals surface area contributed by atoms with E-state index in [2.05, 4.69) is 20.4 Å². The molecule has 34 heavy (non-hydrogen) atoms. The summed E-state index contributed by atoms with van der Waals surface area (Å²) in [5.41, 5.74) is 7.94. The van der Waals surface area contributed by atoms with Crippen LogP contribution in [0.2, 0.25) is 0 Å². The first-order valence-corrected chi connectivity index (χ1v) is 11.3. The molecule has 5 N–H and O–H groups in total. The van der Waals surface area contributed by atoms with Gasteiger partial charge in [0.25, 0.3) is 0 Å². The third-order valence-corrected chi connectivity index (χ3v) is 6.14. The second-order valence-corrected chi connectivity index (χ2v) is 8.56. The number of aromatic amines is 1. The molecule has 0 aliphatic carbocycles. The van der Waals surface area contributed by atoms with Crippen molar-refractivity contribution in [2.24, 2.45) is 5.73 Å². The second-order valence-electron chi connectivity index (χ2n) is 8.56. The number of carbonyl (C=O) groups excluding carboxylic acids is 2. The standard InChI is InChI=1S/C23H28N6O5/c1-13(30)19-7-4-10-29(19)23(33)26-18(11-14-12-25-17-6-3-2-5-15(14)17)22-27-21(28-34-22)16(24)8-9-20(31)32/h2-3,5-6,12,16,18-19,25H,4,7-11,24H2,1H3,(H,26,33)(H,31,32)/t16-,18-,19-/m0/s1. The molecular formula is C23H28N6O5. The highest BCUT2D eigenvalue weighted by molar-refractivity contribution is 5.87. The van der Waals surface area contributed by atoms with Crippen LogP contribution in [0.1, 0.15) is 62.0 Å². The molecule has 0 saturated carbocycles. The highest BCUT2D eigenvalue weighted by Crippen LogP contribution is 2.26. The molecule has 1 saturated heterocycles. The van der Waals surface area contributed by atoms with Gasteiger partial charge in [0, 0.05) is 36.5 Å². The third-order valence-electron chi connectivity index (χ3n) is 6.14. The van der Waals surface area contributed by atoms with Crippen molar-refractivity contribution in [3.05, 3.63) is 47.7 Å². The number of urea groups is 1. The number of hydrogen-bond donors (Lipinski definition) is 4. The lowest BCUT2D eigenvalue weighted by Crippen LogP contribution is -2.46. The minimum atomic E-state index is -0.964. The van der Waals surface area contributed by atoms with Gasteiger partial charge >= 0.3 is 12.0 Å². The number of H-pyrrole nitrogens is 1. The van der Waals surface area contributed by atoms with Crippen LogP contribution in [-0.2, 0) is 16.0 Å². The van der Waals surface area contributed by atoms with Gasteiger partial charge in [-0.05, 0) is 37.8 Å². The maximum atomic E-state index is 13.1. The minimum Gasteiger partial charge on any atom is -0.481 e. The molecule has 0 bridgehead atoms. The van der Waals surface area contributed by atoms with Crippen molar-refractivity contribution < 1.29 is 24.0 Å². The third kappa shape index (κ3) is 5.09. The van der Waals surface area contributed by atoms with Crippen molar-refractivity contribution in [1.82, 2.24) is 25.3 Å². The zero-order valence-electron chi connectivity index (χ0n) is 18.9. The maximum Gasteiger partial charge on any atom is 0.318 e. The average Bonchev–Trinajstić information content (AvgIpc) is 3.56. The summed E-state index contributed by atoms with van der Waals surface area (Å²) in [6, 6.07) is 5.59. The van der Waals surface area contributed by atoms with E-state index in [1.807, 2.05) is 30.5 Å². The van der Waals surface area contributed by atoms with Gasteiger partial charge in [-0.1, -0.05) is 23.4 Å². The number of ketones is 1. The highest BCUT2D eigenvalue weighted by Gasteiger charge is 2.34. The Bertz CT molecular complexity index is 1190. The maximum absolute atomic E-state index is 13.1. The van der Waals surface area contributed by atoms with Gasteiger partial charge in [0.1, 0.15) is 6.04 Å². The molecule has 1 aromatic carbocycles. The number of hydrogen-bond acceptors (Lipinski definition) is 7. The second kappa shape index (κ2) is 10.0. The van der Waals surface area contributed by atoms with E-state index in [0.29, 0.717) is 19.4 Å². The minimum absolute atomic E-state index is 0.0506. The van der Waals surface area contributed by atoms with Gasteiger partial charge in [-0.3, -0.25) is 9.59 Å². The Morgan fingerprint density at radius 1 is 1.35 bits per heavy atom. The van der Waals surface area contributed by atoms with Crippen LogP contribution in [0, 0.1) is 0 Å². The molecule has 3 aromatic rings. The van der Waals surface area contributed by atoms with Crippen molar-refractivity contribution in [3.8, 4) is 0 Å². The van der Waals surface area contributed by atoms with Crippen molar-refractivity contribution in [1.29, 1.82) is 0 Å². The Hall–Kier alpha value is -3.73. The van der Waals surface area contributed by atoms with Crippen LogP contribution in [0.3, 0.4) is 0 Å². The normalized spacial score (nSPS) is 17.6. The van der Waals surface area contributed by atoms with Crippen LogP contribution >= 0.6 is 0 Å². The number of aliphatic carboxylic acids is 1. The highest BCUT2D eigenvalue weighted by atomic mass is 16.5. The first-order chi connectivity index (χ1) is 16.3. The molecule has 4 rings (SSSR count). The number of carbonyl (C=O) groups is 3. The molecule has 3 heterocycles. The number of rotatable bonds is 9. The smallest absolute Gasteiger partial charge is 0.318 e. The molecule has 1 fully saturated rings. The largest absolute Gasteiger partial charge is 0.481 e. The van der Waals surface area contributed by atoms with Gasteiger partial charge < -0.3 is 30.6 Å². The Morgan fingerprint density at radius 2 is 2.15 bits per heavy atom. The van der Waals surface area contributed by atoms with E-state index in [1.54, 1.807) is 4.90 Å². The van der Waals surface area contributed by atoms with Crippen molar-refractivity contribution in [2.45, 2.75) is 57.2 Å². The predicted octanol–water partition coefficient (Wildman–Crippen LogP) is 2.46. The molecule has 1 aliphatic rings. The van der Waals surface area contributed by atoms with Crippen LogP contribution in [-0.4, -0.2) is 55.5 Å².